The third-order valence-electron chi connectivity index (χ3n) is 7.45. The van der Waals surface area contributed by atoms with Crippen LogP contribution in [-0.2, 0) is 11.3 Å². The average molecular weight is 497 g/mol. The molecule has 3 aromatic carbocycles. The van der Waals surface area contributed by atoms with Crippen LogP contribution in [0.5, 0.6) is 5.75 Å². The second kappa shape index (κ2) is 11.3. The van der Waals surface area contributed by atoms with Crippen LogP contribution >= 0.6 is 0 Å². The fourth-order valence-electron chi connectivity index (χ4n) is 5.36. The Kier molecular flexibility index (Phi) is 7.68. The number of amides is 1. The highest BCUT2D eigenvalue weighted by atomic mass is 16.5. The van der Waals surface area contributed by atoms with E-state index in [1.165, 1.54) is 16.7 Å². The number of ether oxygens (including phenoxy) is 1. The zero-order valence-corrected chi connectivity index (χ0v) is 22.1. The molecule has 1 atom stereocenters. The van der Waals surface area contributed by atoms with Crippen LogP contribution in [0.4, 0.5) is 0 Å². The normalized spacial score (nSPS) is 18.6. The van der Waals surface area contributed by atoms with E-state index in [0.717, 1.165) is 55.3 Å². The third-order valence-corrected chi connectivity index (χ3v) is 7.45. The Balaban J connectivity index is 1.32. The van der Waals surface area contributed by atoms with Gasteiger partial charge in [-0.05, 0) is 42.7 Å². The number of hydrazone groups is 1. The molecular formula is C31H36N4O2. The van der Waals surface area contributed by atoms with Crippen LogP contribution < -0.4 is 4.74 Å². The highest BCUT2D eigenvalue weighted by Crippen LogP contribution is 2.36. The van der Waals surface area contributed by atoms with E-state index in [9.17, 15) is 4.79 Å². The molecule has 0 bridgehead atoms. The lowest BCUT2D eigenvalue weighted by Crippen LogP contribution is -2.49. The van der Waals surface area contributed by atoms with Crippen LogP contribution in [0, 0.1) is 13.8 Å². The predicted octanol–water partition coefficient (Wildman–Crippen LogP) is 4.81. The molecule has 2 heterocycles. The topological polar surface area (TPSA) is 48.4 Å². The van der Waals surface area contributed by atoms with Crippen molar-refractivity contribution in [2.75, 3.05) is 39.8 Å². The van der Waals surface area contributed by atoms with E-state index in [2.05, 4.69) is 72.2 Å². The minimum absolute atomic E-state index is 0.0484. The van der Waals surface area contributed by atoms with E-state index in [1.54, 1.807) is 12.1 Å². The van der Waals surface area contributed by atoms with E-state index in [0.29, 0.717) is 13.0 Å². The minimum atomic E-state index is -0.119. The molecule has 2 aliphatic rings. The third kappa shape index (κ3) is 5.76. The summed E-state index contributed by atoms with van der Waals surface area (Å²) in [7, 11) is 1.68. The number of nitrogens with zero attached hydrogens (tertiary/aromatic N) is 4. The minimum Gasteiger partial charge on any atom is -0.496 e. The van der Waals surface area contributed by atoms with Gasteiger partial charge in [0.25, 0.3) is 5.91 Å². The first kappa shape index (κ1) is 25.2. The summed E-state index contributed by atoms with van der Waals surface area (Å²) in [5.74, 6) is 0.831. The van der Waals surface area contributed by atoms with E-state index < -0.39 is 0 Å². The average Bonchev–Trinajstić information content (AvgIpc) is 3.37. The predicted molar refractivity (Wildman–Crippen MR) is 148 cm³/mol. The monoisotopic (exact) mass is 496 g/mol. The molecule has 0 N–H and O–H groups in total. The van der Waals surface area contributed by atoms with E-state index >= 15 is 0 Å². The van der Waals surface area contributed by atoms with Gasteiger partial charge in [0, 0.05) is 44.7 Å². The molecule has 3 aromatic rings. The van der Waals surface area contributed by atoms with Crippen molar-refractivity contribution in [3.8, 4) is 5.75 Å². The van der Waals surface area contributed by atoms with Gasteiger partial charge in [-0.15, -0.1) is 0 Å². The van der Waals surface area contributed by atoms with Gasteiger partial charge in [-0.25, -0.2) is 5.01 Å². The summed E-state index contributed by atoms with van der Waals surface area (Å²) >= 11 is 0. The zero-order valence-electron chi connectivity index (χ0n) is 22.1. The summed E-state index contributed by atoms with van der Waals surface area (Å²) in [6.07, 6.45) is 0.668. The molecule has 6 heteroatoms. The van der Waals surface area contributed by atoms with Gasteiger partial charge in [0.05, 0.1) is 25.4 Å². The number of hydrogen-bond donors (Lipinski definition) is 0. The van der Waals surface area contributed by atoms with Crippen molar-refractivity contribution in [3.05, 3.63) is 101 Å². The molecule has 2 aliphatic heterocycles. The second-order valence-corrected chi connectivity index (χ2v) is 10.1. The molecule has 192 valence electrons. The Bertz CT molecular complexity index is 1270. The number of aryl methyl sites for hydroxylation is 2. The molecule has 0 aromatic heterocycles. The number of para-hydroxylation sites is 1. The Morgan fingerprint density at radius 3 is 2.38 bits per heavy atom. The Morgan fingerprint density at radius 1 is 0.919 bits per heavy atom. The van der Waals surface area contributed by atoms with Crippen LogP contribution in [0.3, 0.4) is 0 Å². The van der Waals surface area contributed by atoms with Crippen LogP contribution in [0.25, 0.3) is 0 Å². The molecule has 5 rings (SSSR count). The molecule has 0 saturated carbocycles. The number of hydrogen-bond acceptors (Lipinski definition) is 5. The van der Waals surface area contributed by atoms with Crippen LogP contribution in [0.1, 0.15) is 40.3 Å². The van der Waals surface area contributed by atoms with Gasteiger partial charge < -0.3 is 4.74 Å². The maximum atomic E-state index is 13.7. The van der Waals surface area contributed by atoms with Crippen molar-refractivity contribution >= 4 is 11.6 Å². The van der Waals surface area contributed by atoms with Gasteiger partial charge in [0.15, 0.2) is 0 Å². The van der Waals surface area contributed by atoms with Gasteiger partial charge in [0.2, 0.25) is 0 Å². The van der Waals surface area contributed by atoms with Gasteiger partial charge in [0.1, 0.15) is 5.75 Å². The number of carbonyl (C=O) groups is 1. The van der Waals surface area contributed by atoms with Crippen molar-refractivity contribution in [1.29, 1.82) is 0 Å². The summed E-state index contributed by atoms with van der Waals surface area (Å²) in [6.45, 7) is 9.22. The molecule has 1 amide bonds. The molecule has 0 unspecified atom stereocenters. The molecule has 0 radical (unpaired) electrons. The number of benzene rings is 3. The quantitative estimate of drug-likeness (QED) is 0.471. The summed E-state index contributed by atoms with van der Waals surface area (Å²) in [6, 6.07) is 24.8. The van der Waals surface area contributed by atoms with E-state index in [4.69, 9.17) is 9.84 Å². The summed E-state index contributed by atoms with van der Waals surface area (Å²) in [5.41, 5.74) is 6.70. The van der Waals surface area contributed by atoms with Crippen LogP contribution in [0.2, 0.25) is 0 Å². The SMILES string of the molecule is COc1ccccc1C1=NN(C(=O)CN2CCN(Cc3ccccc3)CC2)[C@@H](c2cc(C)ccc2C)C1. The van der Waals surface area contributed by atoms with Gasteiger partial charge >= 0.3 is 0 Å². The van der Waals surface area contributed by atoms with Crippen molar-refractivity contribution in [2.45, 2.75) is 32.9 Å². The molecule has 6 nitrogen and oxygen atoms in total. The molecule has 1 saturated heterocycles. The largest absolute Gasteiger partial charge is 0.496 e. The summed E-state index contributed by atoms with van der Waals surface area (Å²) < 4.78 is 5.61. The fourth-order valence-corrected chi connectivity index (χ4v) is 5.36. The van der Waals surface area contributed by atoms with E-state index in [-0.39, 0.29) is 11.9 Å². The van der Waals surface area contributed by atoms with Gasteiger partial charge in [-0.2, -0.15) is 5.10 Å². The second-order valence-electron chi connectivity index (χ2n) is 10.1. The van der Waals surface area contributed by atoms with Crippen molar-refractivity contribution in [1.82, 2.24) is 14.8 Å². The number of methoxy groups -OCH3 is 1. The van der Waals surface area contributed by atoms with E-state index in [1.807, 2.05) is 24.3 Å². The van der Waals surface area contributed by atoms with Crippen molar-refractivity contribution < 1.29 is 9.53 Å². The van der Waals surface area contributed by atoms with Crippen molar-refractivity contribution in [2.24, 2.45) is 5.10 Å². The molecule has 37 heavy (non-hydrogen) atoms. The van der Waals surface area contributed by atoms with Crippen LogP contribution in [-0.4, -0.2) is 66.3 Å². The molecule has 0 aliphatic carbocycles. The maximum Gasteiger partial charge on any atom is 0.257 e. The first-order chi connectivity index (χ1) is 18.0. The van der Waals surface area contributed by atoms with Gasteiger partial charge in [-0.3, -0.25) is 14.6 Å². The zero-order chi connectivity index (χ0) is 25.8. The fraction of sp³-hybridized carbons (Fsp3) is 0.355. The molecule has 0 spiro atoms. The summed E-state index contributed by atoms with van der Waals surface area (Å²) in [5, 5.41) is 6.65. The Morgan fingerprint density at radius 2 is 1.62 bits per heavy atom. The first-order valence-corrected chi connectivity index (χ1v) is 13.1. The molecular weight excluding hydrogens is 460 g/mol. The first-order valence-electron chi connectivity index (χ1n) is 13.1. The number of carbonyl (C=O) groups excluding carboxylic acids is 1. The van der Waals surface area contributed by atoms with Crippen molar-refractivity contribution in [3.63, 3.8) is 0 Å². The highest BCUT2D eigenvalue weighted by Gasteiger charge is 2.35. The highest BCUT2D eigenvalue weighted by molar-refractivity contribution is 6.05. The van der Waals surface area contributed by atoms with Gasteiger partial charge in [-0.1, -0.05) is 66.2 Å². The maximum absolute atomic E-state index is 13.7. The Hall–Kier alpha value is -3.48. The smallest absolute Gasteiger partial charge is 0.257 e. The standard InChI is InChI=1S/C31H36N4O2/c1-23-13-14-24(2)27(19-23)29-20-28(26-11-7-8-12-30(26)37-3)32-35(29)31(36)22-34-17-15-33(16-18-34)21-25-9-5-4-6-10-25/h4-14,19,29H,15-18,20-22H2,1-3H3/t29-/m1/s1. The number of piperazine rings is 1. The lowest BCUT2D eigenvalue weighted by atomic mass is 9.93. The summed E-state index contributed by atoms with van der Waals surface area (Å²) in [4.78, 5) is 18.5. The van der Waals surface area contributed by atoms with Crippen LogP contribution in [0.15, 0.2) is 77.9 Å². The lowest BCUT2D eigenvalue weighted by Gasteiger charge is -2.35. The lowest BCUT2D eigenvalue weighted by molar-refractivity contribution is -0.134. The Labute approximate surface area is 220 Å². The number of rotatable bonds is 7. The molecule has 1 fully saturated rings.